The van der Waals surface area contributed by atoms with Crippen LogP contribution in [0.5, 0.6) is 0 Å². The van der Waals surface area contributed by atoms with Gasteiger partial charge in [-0.15, -0.1) is 0 Å². The summed E-state index contributed by atoms with van der Waals surface area (Å²) in [5.41, 5.74) is 1.82. The Hall–Kier alpha value is -0.820. The van der Waals surface area contributed by atoms with Crippen LogP contribution in [0.15, 0.2) is 53.0 Å². The fourth-order valence-corrected chi connectivity index (χ4v) is 4.09. The van der Waals surface area contributed by atoms with Crippen LogP contribution in [-0.4, -0.2) is 0 Å². The van der Waals surface area contributed by atoms with Gasteiger partial charge in [0.2, 0.25) is 0 Å². The van der Waals surface area contributed by atoms with Crippen LogP contribution in [0.25, 0.3) is 0 Å². The second kappa shape index (κ2) is 4.94. The SMILES string of the molecule is CC1CCC(c2ccc(Br)cc2)C2C=CC=C[C@]12C. The molecule has 1 aromatic rings. The molecule has 0 spiro atoms. The highest BCUT2D eigenvalue weighted by Crippen LogP contribution is 2.54. The lowest BCUT2D eigenvalue weighted by atomic mass is 9.55. The Bertz CT molecular complexity index is 511. The largest absolute Gasteiger partial charge is 0.0800 e. The summed E-state index contributed by atoms with van der Waals surface area (Å²) in [7, 11) is 0. The minimum absolute atomic E-state index is 0.324. The average Bonchev–Trinajstić information content (AvgIpc) is 2.41. The van der Waals surface area contributed by atoms with Crippen LogP contribution < -0.4 is 0 Å². The first-order valence-electron chi connectivity index (χ1n) is 7.23. The van der Waals surface area contributed by atoms with E-state index in [0.29, 0.717) is 17.3 Å². The molecule has 1 aromatic carbocycles. The van der Waals surface area contributed by atoms with Crippen molar-refractivity contribution >= 4 is 15.9 Å². The van der Waals surface area contributed by atoms with Crippen molar-refractivity contribution in [3.05, 3.63) is 58.6 Å². The Morgan fingerprint density at radius 3 is 2.58 bits per heavy atom. The van der Waals surface area contributed by atoms with Crippen molar-refractivity contribution in [1.82, 2.24) is 0 Å². The van der Waals surface area contributed by atoms with Crippen molar-refractivity contribution < 1.29 is 0 Å². The van der Waals surface area contributed by atoms with E-state index in [1.165, 1.54) is 22.9 Å². The highest BCUT2D eigenvalue weighted by Gasteiger charge is 2.44. The molecule has 100 valence electrons. The molecule has 3 rings (SSSR count). The van der Waals surface area contributed by atoms with E-state index < -0.39 is 0 Å². The van der Waals surface area contributed by atoms with E-state index in [1.807, 2.05) is 0 Å². The molecule has 0 amide bonds. The van der Waals surface area contributed by atoms with Crippen molar-refractivity contribution in [2.45, 2.75) is 32.6 Å². The first-order valence-corrected chi connectivity index (χ1v) is 8.02. The van der Waals surface area contributed by atoms with Gasteiger partial charge in [0, 0.05) is 4.47 Å². The third-order valence-corrected chi connectivity index (χ3v) is 5.84. The fraction of sp³-hybridized carbons (Fsp3) is 0.444. The number of fused-ring (bicyclic) bond motifs is 1. The molecular weight excluding hydrogens is 296 g/mol. The zero-order valence-corrected chi connectivity index (χ0v) is 13.2. The quantitative estimate of drug-likeness (QED) is 0.622. The van der Waals surface area contributed by atoms with Crippen molar-refractivity contribution in [1.29, 1.82) is 0 Å². The van der Waals surface area contributed by atoms with E-state index in [2.05, 4.69) is 78.3 Å². The molecule has 4 atom stereocenters. The Morgan fingerprint density at radius 2 is 1.84 bits per heavy atom. The zero-order valence-electron chi connectivity index (χ0n) is 11.6. The summed E-state index contributed by atoms with van der Waals surface area (Å²) < 4.78 is 1.17. The van der Waals surface area contributed by atoms with Gasteiger partial charge in [-0.05, 0) is 53.7 Å². The van der Waals surface area contributed by atoms with Gasteiger partial charge in [0.25, 0.3) is 0 Å². The van der Waals surface area contributed by atoms with Gasteiger partial charge in [-0.1, -0.05) is 66.2 Å². The van der Waals surface area contributed by atoms with E-state index in [-0.39, 0.29) is 0 Å². The Balaban J connectivity index is 1.97. The van der Waals surface area contributed by atoms with Crippen molar-refractivity contribution in [3.8, 4) is 0 Å². The van der Waals surface area contributed by atoms with Crippen LogP contribution >= 0.6 is 15.9 Å². The Morgan fingerprint density at radius 1 is 1.11 bits per heavy atom. The van der Waals surface area contributed by atoms with Crippen molar-refractivity contribution in [2.24, 2.45) is 17.3 Å². The maximum Gasteiger partial charge on any atom is 0.0175 e. The summed E-state index contributed by atoms with van der Waals surface area (Å²) in [4.78, 5) is 0. The predicted molar refractivity (Wildman–Crippen MR) is 85.2 cm³/mol. The minimum atomic E-state index is 0.324. The highest BCUT2D eigenvalue weighted by molar-refractivity contribution is 9.10. The monoisotopic (exact) mass is 316 g/mol. The maximum atomic E-state index is 3.53. The maximum absolute atomic E-state index is 3.53. The standard InChI is InChI=1S/C18H21Br/c1-13-6-11-16(14-7-9-15(19)10-8-14)17-5-3-4-12-18(13,17)2/h3-5,7-10,12-13,16-17H,6,11H2,1-2H3/t13?,16?,17?,18-/m1/s1. The molecule has 0 heterocycles. The van der Waals surface area contributed by atoms with Crippen LogP contribution in [-0.2, 0) is 0 Å². The van der Waals surface area contributed by atoms with E-state index in [1.54, 1.807) is 0 Å². The molecule has 1 fully saturated rings. The lowest BCUT2D eigenvalue weighted by Gasteiger charge is -2.49. The van der Waals surface area contributed by atoms with Gasteiger partial charge in [-0.2, -0.15) is 0 Å². The summed E-state index contributed by atoms with van der Waals surface area (Å²) in [6.07, 6.45) is 12.0. The third-order valence-electron chi connectivity index (χ3n) is 5.31. The van der Waals surface area contributed by atoms with Crippen molar-refractivity contribution in [2.75, 3.05) is 0 Å². The molecule has 2 aliphatic rings. The van der Waals surface area contributed by atoms with Crippen LogP contribution in [0.2, 0.25) is 0 Å². The molecule has 1 heteroatoms. The molecule has 0 saturated heterocycles. The number of benzene rings is 1. The molecule has 0 bridgehead atoms. The normalized spacial score (nSPS) is 37.1. The van der Waals surface area contributed by atoms with Crippen LogP contribution in [0, 0.1) is 17.3 Å². The molecule has 0 aliphatic heterocycles. The smallest absolute Gasteiger partial charge is 0.0175 e. The van der Waals surface area contributed by atoms with Gasteiger partial charge in [-0.25, -0.2) is 0 Å². The molecule has 2 aliphatic carbocycles. The van der Waals surface area contributed by atoms with Gasteiger partial charge >= 0.3 is 0 Å². The number of halogens is 1. The molecule has 0 N–H and O–H groups in total. The lowest BCUT2D eigenvalue weighted by molar-refractivity contribution is 0.110. The summed E-state index contributed by atoms with van der Waals surface area (Å²) in [6, 6.07) is 8.93. The minimum Gasteiger partial charge on any atom is -0.0800 e. The summed E-state index contributed by atoms with van der Waals surface area (Å²) in [6.45, 7) is 4.85. The van der Waals surface area contributed by atoms with Crippen LogP contribution in [0.1, 0.15) is 38.2 Å². The summed E-state index contributed by atoms with van der Waals surface area (Å²) in [5, 5.41) is 0. The highest BCUT2D eigenvalue weighted by atomic mass is 79.9. The topological polar surface area (TPSA) is 0 Å². The predicted octanol–water partition coefficient (Wildman–Crippen LogP) is 5.71. The number of hydrogen-bond acceptors (Lipinski definition) is 0. The Labute approximate surface area is 124 Å². The summed E-state index contributed by atoms with van der Waals surface area (Å²) in [5.74, 6) is 2.07. The second-order valence-electron chi connectivity index (χ2n) is 6.27. The number of allylic oxidation sites excluding steroid dienone is 4. The van der Waals surface area contributed by atoms with E-state index >= 15 is 0 Å². The fourth-order valence-electron chi connectivity index (χ4n) is 3.83. The molecule has 1 saturated carbocycles. The zero-order chi connectivity index (χ0) is 13.5. The Kier molecular flexibility index (Phi) is 3.42. The van der Waals surface area contributed by atoms with Gasteiger partial charge in [0.05, 0.1) is 0 Å². The first-order chi connectivity index (χ1) is 9.11. The molecule has 0 nitrogen and oxygen atoms in total. The molecule has 19 heavy (non-hydrogen) atoms. The van der Waals surface area contributed by atoms with E-state index in [4.69, 9.17) is 0 Å². The summed E-state index contributed by atoms with van der Waals surface area (Å²) >= 11 is 3.53. The molecule has 0 aromatic heterocycles. The van der Waals surface area contributed by atoms with E-state index in [0.717, 1.165) is 5.92 Å². The van der Waals surface area contributed by atoms with Gasteiger partial charge in [0.15, 0.2) is 0 Å². The molecule has 3 unspecified atom stereocenters. The third kappa shape index (κ3) is 2.23. The van der Waals surface area contributed by atoms with E-state index in [9.17, 15) is 0 Å². The van der Waals surface area contributed by atoms with Gasteiger partial charge in [0.1, 0.15) is 0 Å². The van der Waals surface area contributed by atoms with Crippen LogP contribution in [0.4, 0.5) is 0 Å². The molecular formula is C18H21Br. The number of hydrogen-bond donors (Lipinski definition) is 0. The van der Waals surface area contributed by atoms with Crippen molar-refractivity contribution in [3.63, 3.8) is 0 Å². The van der Waals surface area contributed by atoms with Crippen LogP contribution in [0.3, 0.4) is 0 Å². The second-order valence-corrected chi connectivity index (χ2v) is 7.19. The van der Waals surface area contributed by atoms with Gasteiger partial charge in [-0.3, -0.25) is 0 Å². The lowest BCUT2D eigenvalue weighted by Crippen LogP contribution is -2.40. The first kappa shape index (κ1) is 13.2. The number of rotatable bonds is 1. The van der Waals surface area contributed by atoms with Gasteiger partial charge < -0.3 is 0 Å². The average molecular weight is 317 g/mol. The molecule has 0 radical (unpaired) electrons.